The topological polar surface area (TPSA) is 46.2 Å². The molecule has 0 aromatic carbocycles. The maximum atomic E-state index is 11.0. The number of rotatable bonds is 3. The Bertz CT molecular complexity index is 360. The molecule has 0 saturated heterocycles. The standard InChI is InChI=1S/C14H23NOS/c1-11-5-3-7-14(9-11,10-15)13(2,16)12-6-4-8-17-12/h4,6,8,11,16H,3,5,7,9-10,15H2,1-2H3. The minimum Gasteiger partial charge on any atom is -0.384 e. The van der Waals surface area contributed by atoms with E-state index in [4.69, 9.17) is 5.73 Å². The number of thiophene rings is 1. The first-order chi connectivity index (χ1) is 8.02. The molecule has 0 amide bonds. The molecule has 1 aliphatic rings. The minimum atomic E-state index is -0.787. The highest BCUT2D eigenvalue weighted by molar-refractivity contribution is 7.10. The van der Waals surface area contributed by atoms with Crippen LogP contribution in [0.4, 0.5) is 0 Å². The van der Waals surface area contributed by atoms with Crippen molar-refractivity contribution in [2.45, 2.75) is 45.1 Å². The fraction of sp³-hybridized carbons (Fsp3) is 0.714. The first-order valence-corrected chi connectivity index (χ1v) is 7.36. The van der Waals surface area contributed by atoms with E-state index in [-0.39, 0.29) is 5.41 Å². The van der Waals surface area contributed by atoms with Gasteiger partial charge in [-0.3, -0.25) is 0 Å². The van der Waals surface area contributed by atoms with Gasteiger partial charge in [-0.1, -0.05) is 25.8 Å². The highest BCUT2D eigenvalue weighted by atomic mass is 32.1. The van der Waals surface area contributed by atoms with Gasteiger partial charge in [0.1, 0.15) is 5.60 Å². The lowest BCUT2D eigenvalue weighted by molar-refractivity contribution is -0.0980. The monoisotopic (exact) mass is 253 g/mol. The van der Waals surface area contributed by atoms with Crippen LogP contribution in [0.15, 0.2) is 17.5 Å². The molecule has 3 atom stereocenters. The molecule has 3 heteroatoms. The smallest absolute Gasteiger partial charge is 0.103 e. The van der Waals surface area contributed by atoms with Crippen molar-refractivity contribution in [3.05, 3.63) is 22.4 Å². The van der Waals surface area contributed by atoms with Crippen molar-refractivity contribution < 1.29 is 5.11 Å². The fourth-order valence-electron chi connectivity index (χ4n) is 3.30. The molecule has 1 aromatic heterocycles. The first-order valence-electron chi connectivity index (χ1n) is 6.48. The van der Waals surface area contributed by atoms with Crippen LogP contribution in [0, 0.1) is 11.3 Å². The van der Waals surface area contributed by atoms with E-state index in [0.717, 1.165) is 17.7 Å². The third kappa shape index (κ3) is 2.16. The average molecular weight is 253 g/mol. The molecule has 1 fully saturated rings. The second-order valence-electron chi connectivity index (χ2n) is 5.74. The lowest BCUT2D eigenvalue weighted by atomic mass is 9.61. The van der Waals surface area contributed by atoms with Crippen molar-refractivity contribution in [2.75, 3.05) is 6.54 Å². The molecule has 0 spiro atoms. The van der Waals surface area contributed by atoms with Crippen LogP contribution in [0.5, 0.6) is 0 Å². The zero-order valence-corrected chi connectivity index (χ0v) is 11.6. The normalized spacial score (nSPS) is 33.3. The van der Waals surface area contributed by atoms with E-state index in [2.05, 4.69) is 6.92 Å². The second kappa shape index (κ2) is 4.71. The van der Waals surface area contributed by atoms with Crippen molar-refractivity contribution in [3.63, 3.8) is 0 Å². The molecule has 3 N–H and O–H groups in total. The van der Waals surface area contributed by atoms with Crippen molar-refractivity contribution in [2.24, 2.45) is 17.1 Å². The predicted molar refractivity (Wildman–Crippen MR) is 73.0 cm³/mol. The molecule has 17 heavy (non-hydrogen) atoms. The van der Waals surface area contributed by atoms with Gasteiger partial charge in [-0.15, -0.1) is 11.3 Å². The molecule has 3 unspecified atom stereocenters. The summed E-state index contributed by atoms with van der Waals surface area (Å²) in [6.07, 6.45) is 4.52. The molecule has 1 heterocycles. The molecule has 1 aromatic rings. The quantitative estimate of drug-likeness (QED) is 0.869. The van der Waals surface area contributed by atoms with Gasteiger partial charge in [0.05, 0.1) is 0 Å². The summed E-state index contributed by atoms with van der Waals surface area (Å²) in [6, 6.07) is 4.03. The number of hydrogen-bond acceptors (Lipinski definition) is 3. The van der Waals surface area contributed by atoms with Gasteiger partial charge in [-0.2, -0.15) is 0 Å². The van der Waals surface area contributed by atoms with E-state index in [1.807, 2.05) is 24.4 Å². The second-order valence-corrected chi connectivity index (χ2v) is 6.68. The number of aliphatic hydroxyl groups is 1. The van der Waals surface area contributed by atoms with Gasteiger partial charge >= 0.3 is 0 Å². The van der Waals surface area contributed by atoms with Crippen LogP contribution in [0.3, 0.4) is 0 Å². The third-order valence-corrected chi connectivity index (χ3v) is 5.60. The molecule has 96 valence electrons. The fourth-order valence-corrected chi connectivity index (χ4v) is 4.21. The Hall–Kier alpha value is -0.380. The summed E-state index contributed by atoms with van der Waals surface area (Å²) in [4.78, 5) is 1.05. The minimum absolute atomic E-state index is 0.143. The Morgan fingerprint density at radius 3 is 2.94 bits per heavy atom. The number of hydrogen-bond donors (Lipinski definition) is 2. The lowest BCUT2D eigenvalue weighted by Gasteiger charge is -2.48. The summed E-state index contributed by atoms with van der Waals surface area (Å²) in [5.74, 6) is 0.665. The van der Waals surface area contributed by atoms with E-state index in [1.165, 1.54) is 12.8 Å². The van der Waals surface area contributed by atoms with E-state index in [0.29, 0.717) is 12.5 Å². The van der Waals surface area contributed by atoms with Gasteiger partial charge in [-0.25, -0.2) is 0 Å². The summed E-state index contributed by atoms with van der Waals surface area (Å²) in [7, 11) is 0. The zero-order chi connectivity index (χ0) is 12.5. The van der Waals surface area contributed by atoms with Crippen LogP contribution in [0.1, 0.15) is 44.4 Å². The van der Waals surface area contributed by atoms with Crippen LogP contribution < -0.4 is 5.73 Å². The molecule has 0 radical (unpaired) electrons. The van der Waals surface area contributed by atoms with Gasteiger partial charge in [0.25, 0.3) is 0 Å². The maximum Gasteiger partial charge on any atom is 0.103 e. The third-order valence-electron chi connectivity index (χ3n) is 4.52. The summed E-state index contributed by atoms with van der Waals surface area (Å²) >= 11 is 1.63. The molecule has 0 aliphatic heterocycles. The molecule has 1 aliphatic carbocycles. The average Bonchev–Trinajstić information content (AvgIpc) is 2.82. The van der Waals surface area contributed by atoms with E-state index >= 15 is 0 Å². The Balaban J connectivity index is 2.33. The van der Waals surface area contributed by atoms with Crippen molar-refractivity contribution in [1.82, 2.24) is 0 Å². The van der Waals surface area contributed by atoms with Crippen molar-refractivity contribution in [1.29, 1.82) is 0 Å². The molecule has 2 nitrogen and oxygen atoms in total. The van der Waals surface area contributed by atoms with Crippen LogP contribution >= 0.6 is 11.3 Å². The molecule has 2 rings (SSSR count). The highest BCUT2D eigenvalue weighted by Crippen LogP contribution is 2.51. The van der Waals surface area contributed by atoms with Crippen LogP contribution in [-0.2, 0) is 5.60 Å². The van der Waals surface area contributed by atoms with E-state index < -0.39 is 5.60 Å². The molecular weight excluding hydrogens is 230 g/mol. The van der Waals surface area contributed by atoms with Gasteiger partial charge in [0, 0.05) is 16.8 Å². The Labute approximate surface area is 108 Å². The van der Waals surface area contributed by atoms with E-state index in [9.17, 15) is 5.11 Å². The summed E-state index contributed by atoms with van der Waals surface area (Å²) in [5, 5.41) is 13.0. The summed E-state index contributed by atoms with van der Waals surface area (Å²) < 4.78 is 0. The van der Waals surface area contributed by atoms with Gasteiger partial charge in [0.15, 0.2) is 0 Å². The highest BCUT2D eigenvalue weighted by Gasteiger charge is 2.49. The van der Waals surface area contributed by atoms with Crippen LogP contribution in [0.2, 0.25) is 0 Å². The van der Waals surface area contributed by atoms with E-state index in [1.54, 1.807) is 11.3 Å². The van der Waals surface area contributed by atoms with Gasteiger partial charge in [0.2, 0.25) is 0 Å². The molecular formula is C14H23NOS. The Kier molecular flexibility index (Phi) is 3.62. The van der Waals surface area contributed by atoms with Crippen LogP contribution in [0.25, 0.3) is 0 Å². The first kappa shape index (κ1) is 13.1. The van der Waals surface area contributed by atoms with Gasteiger partial charge in [-0.05, 0) is 37.1 Å². The number of nitrogens with two attached hydrogens (primary N) is 1. The SMILES string of the molecule is CC1CCCC(CN)(C(C)(O)c2cccs2)C1. The van der Waals surface area contributed by atoms with Crippen molar-refractivity contribution >= 4 is 11.3 Å². The molecule has 0 bridgehead atoms. The van der Waals surface area contributed by atoms with Crippen molar-refractivity contribution in [3.8, 4) is 0 Å². The summed E-state index contributed by atoms with van der Waals surface area (Å²) in [5.41, 5.74) is 5.11. The Morgan fingerprint density at radius 1 is 1.65 bits per heavy atom. The summed E-state index contributed by atoms with van der Waals surface area (Å²) in [6.45, 7) is 4.79. The largest absolute Gasteiger partial charge is 0.384 e. The Morgan fingerprint density at radius 2 is 2.41 bits per heavy atom. The maximum absolute atomic E-state index is 11.0. The molecule has 1 saturated carbocycles. The zero-order valence-electron chi connectivity index (χ0n) is 10.8. The lowest BCUT2D eigenvalue weighted by Crippen LogP contribution is -2.50. The predicted octanol–water partition coefficient (Wildman–Crippen LogP) is 3.11. The van der Waals surface area contributed by atoms with Gasteiger partial charge < -0.3 is 10.8 Å². The van der Waals surface area contributed by atoms with Crippen LogP contribution in [-0.4, -0.2) is 11.7 Å².